The van der Waals surface area contributed by atoms with E-state index in [0.29, 0.717) is 13.1 Å². The Kier molecular flexibility index (Phi) is 6.88. The molecule has 1 N–H and O–H groups in total. The van der Waals surface area contributed by atoms with E-state index in [0.717, 1.165) is 59.1 Å². The Labute approximate surface area is 233 Å². The second kappa shape index (κ2) is 10.6. The summed E-state index contributed by atoms with van der Waals surface area (Å²) in [6.07, 6.45) is 14.3. The summed E-state index contributed by atoms with van der Waals surface area (Å²) in [6, 6.07) is 12.9. The van der Waals surface area contributed by atoms with E-state index in [2.05, 4.69) is 62.9 Å². The summed E-state index contributed by atoms with van der Waals surface area (Å²) in [5.41, 5.74) is 5.84. The van der Waals surface area contributed by atoms with Crippen LogP contribution < -0.4 is 0 Å². The summed E-state index contributed by atoms with van der Waals surface area (Å²) in [7, 11) is 0. The number of nitrogens with one attached hydrogen (secondary N) is 1. The molecule has 1 aliphatic rings. The Morgan fingerprint density at radius 2 is 1.77 bits per heavy atom. The largest absolute Gasteiger partial charge is 0.444 e. The number of amides is 1. The first-order valence-electron chi connectivity index (χ1n) is 13.9. The molecule has 9 nitrogen and oxygen atoms in total. The number of aromatic nitrogens is 6. The number of hydrogen-bond donors (Lipinski definition) is 1. The minimum Gasteiger partial charge on any atom is -0.444 e. The highest BCUT2D eigenvalue weighted by atomic mass is 16.6. The van der Waals surface area contributed by atoms with Crippen LogP contribution in [0.15, 0.2) is 73.6 Å². The van der Waals surface area contributed by atoms with Gasteiger partial charge >= 0.3 is 6.09 Å². The SMILES string of the molecule is CC(C)(C)OC(=O)N1CCC(n2cc(-c3cnc4[nH]cc(-c5cnn(CCc6ccccc6)c5)c4c3)cn2)CC1. The lowest BCUT2D eigenvalue weighted by Crippen LogP contribution is -2.42. The van der Waals surface area contributed by atoms with Gasteiger partial charge in [0.05, 0.1) is 18.4 Å². The molecule has 0 aliphatic carbocycles. The molecule has 5 aromatic rings. The van der Waals surface area contributed by atoms with Crippen molar-refractivity contribution in [2.24, 2.45) is 0 Å². The molecule has 1 fully saturated rings. The average molecular weight is 538 g/mol. The number of rotatable bonds is 6. The first kappa shape index (κ1) is 25.9. The molecule has 0 atom stereocenters. The molecule has 40 heavy (non-hydrogen) atoms. The Morgan fingerprint density at radius 1 is 1.00 bits per heavy atom. The van der Waals surface area contributed by atoms with Gasteiger partial charge in [-0.1, -0.05) is 30.3 Å². The molecule has 1 aromatic carbocycles. The van der Waals surface area contributed by atoms with Crippen LogP contribution in [0, 0.1) is 0 Å². The number of aryl methyl sites for hydroxylation is 2. The van der Waals surface area contributed by atoms with Crippen LogP contribution in [0.3, 0.4) is 0 Å². The Bertz CT molecular complexity index is 1600. The average Bonchev–Trinajstić information content (AvgIpc) is 3.71. The fraction of sp³-hybridized carbons (Fsp3) is 0.355. The lowest BCUT2D eigenvalue weighted by Gasteiger charge is -2.33. The van der Waals surface area contributed by atoms with Crippen LogP contribution in [0.25, 0.3) is 33.3 Å². The maximum absolute atomic E-state index is 12.4. The van der Waals surface area contributed by atoms with Crippen molar-refractivity contribution in [2.45, 2.75) is 58.2 Å². The number of likely N-dealkylation sites (tertiary alicyclic amines) is 1. The van der Waals surface area contributed by atoms with Crippen molar-refractivity contribution in [3.05, 3.63) is 79.1 Å². The molecule has 6 rings (SSSR count). The summed E-state index contributed by atoms with van der Waals surface area (Å²) < 4.78 is 9.56. The predicted molar refractivity (Wildman–Crippen MR) is 155 cm³/mol. The van der Waals surface area contributed by atoms with Crippen LogP contribution in [-0.4, -0.2) is 59.2 Å². The molecule has 1 aliphatic heterocycles. The van der Waals surface area contributed by atoms with Gasteiger partial charge in [0.15, 0.2) is 0 Å². The molecule has 9 heteroatoms. The number of benzene rings is 1. The highest BCUT2D eigenvalue weighted by Gasteiger charge is 2.28. The second-order valence-electron chi connectivity index (χ2n) is 11.5. The molecule has 5 heterocycles. The van der Waals surface area contributed by atoms with Gasteiger partial charge in [0.1, 0.15) is 11.2 Å². The summed E-state index contributed by atoms with van der Waals surface area (Å²) in [6.45, 7) is 7.83. The Hall–Kier alpha value is -4.40. The topological polar surface area (TPSA) is 93.9 Å². The van der Waals surface area contributed by atoms with Crippen LogP contribution in [-0.2, 0) is 17.7 Å². The lowest BCUT2D eigenvalue weighted by atomic mass is 10.0. The number of nitrogens with zero attached hydrogens (tertiary/aromatic N) is 6. The van der Waals surface area contributed by atoms with Gasteiger partial charge < -0.3 is 14.6 Å². The molecule has 0 spiro atoms. The highest BCUT2D eigenvalue weighted by molar-refractivity contribution is 5.95. The molecule has 0 unspecified atom stereocenters. The molecular weight excluding hydrogens is 502 g/mol. The van der Waals surface area contributed by atoms with E-state index < -0.39 is 5.60 Å². The Morgan fingerprint density at radius 3 is 2.55 bits per heavy atom. The van der Waals surface area contributed by atoms with Crippen molar-refractivity contribution in [2.75, 3.05) is 13.1 Å². The highest BCUT2D eigenvalue weighted by Crippen LogP contribution is 2.32. The third-order valence-electron chi connectivity index (χ3n) is 7.37. The summed E-state index contributed by atoms with van der Waals surface area (Å²) in [5, 5.41) is 10.3. The lowest BCUT2D eigenvalue weighted by molar-refractivity contribution is 0.0185. The molecule has 1 saturated heterocycles. The monoisotopic (exact) mass is 537 g/mol. The van der Waals surface area contributed by atoms with Crippen LogP contribution in [0.5, 0.6) is 0 Å². The maximum atomic E-state index is 12.4. The van der Waals surface area contributed by atoms with Crippen molar-refractivity contribution < 1.29 is 9.53 Å². The van der Waals surface area contributed by atoms with Crippen molar-refractivity contribution in [1.29, 1.82) is 0 Å². The van der Waals surface area contributed by atoms with Gasteiger partial charge in [-0.2, -0.15) is 10.2 Å². The number of H-pyrrole nitrogens is 1. The van der Waals surface area contributed by atoms with Gasteiger partial charge in [-0.25, -0.2) is 9.78 Å². The number of piperidine rings is 1. The standard InChI is InChI=1S/C31H35N7O2/c1-31(2,3)40-30(39)36-12-10-26(11-13-36)38-21-24(17-35-38)23-15-27-28(19-33-29(27)32-16-23)25-18-34-37(20-25)14-9-22-7-5-4-6-8-22/h4-8,15-21,26H,9-14H2,1-3H3,(H,32,33). The van der Waals surface area contributed by atoms with Gasteiger partial charge in [0.2, 0.25) is 0 Å². The van der Waals surface area contributed by atoms with Crippen molar-refractivity contribution in [3.8, 4) is 22.3 Å². The summed E-state index contributed by atoms with van der Waals surface area (Å²) in [5.74, 6) is 0. The number of fused-ring (bicyclic) bond motifs is 1. The molecule has 0 saturated carbocycles. The quantitative estimate of drug-likeness (QED) is 0.282. The number of carbonyl (C=O) groups is 1. The first-order chi connectivity index (χ1) is 19.3. The zero-order valence-electron chi connectivity index (χ0n) is 23.2. The molecule has 206 valence electrons. The van der Waals surface area contributed by atoms with Crippen LogP contribution >= 0.6 is 0 Å². The summed E-state index contributed by atoms with van der Waals surface area (Å²) in [4.78, 5) is 22.2. The van der Waals surface area contributed by atoms with Crippen LogP contribution in [0.1, 0.15) is 45.2 Å². The van der Waals surface area contributed by atoms with E-state index in [4.69, 9.17) is 4.74 Å². The molecule has 1 amide bonds. The number of hydrogen-bond acceptors (Lipinski definition) is 5. The first-order valence-corrected chi connectivity index (χ1v) is 13.9. The normalized spacial score (nSPS) is 14.6. The predicted octanol–water partition coefficient (Wildman–Crippen LogP) is 6.10. The summed E-state index contributed by atoms with van der Waals surface area (Å²) >= 11 is 0. The smallest absolute Gasteiger partial charge is 0.410 e. The fourth-order valence-corrected chi connectivity index (χ4v) is 5.24. The van der Waals surface area contributed by atoms with Gasteiger partial charge in [0, 0.05) is 72.1 Å². The zero-order valence-corrected chi connectivity index (χ0v) is 23.2. The minimum atomic E-state index is -0.484. The van der Waals surface area contributed by atoms with E-state index in [1.807, 2.05) is 61.0 Å². The molecule has 4 aromatic heterocycles. The van der Waals surface area contributed by atoms with E-state index in [-0.39, 0.29) is 12.1 Å². The zero-order chi connectivity index (χ0) is 27.7. The second-order valence-corrected chi connectivity index (χ2v) is 11.5. The van der Waals surface area contributed by atoms with Gasteiger partial charge in [0.25, 0.3) is 0 Å². The molecule has 0 bridgehead atoms. The van der Waals surface area contributed by atoms with E-state index in [1.165, 1.54) is 5.56 Å². The fourth-order valence-electron chi connectivity index (χ4n) is 5.24. The van der Waals surface area contributed by atoms with Gasteiger partial charge in [-0.3, -0.25) is 9.36 Å². The van der Waals surface area contributed by atoms with E-state index in [1.54, 1.807) is 4.90 Å². The number of aromatic amines is 1. The number of carbonyl (C=O) groups excluding carboxylic acids is 1. The Balaban J connectivity index is 1.14. The van der Waals surface area contributed by atoms with E-state index >= 15 is 0 Å². The third-order valence-corrected chi connectivity index (χ3v) is 7.37. The van der Waals surface area contributed by atoms with E-state index in [9.17, 15) is 4.79 Å². The minimum absolute atomic E-state index is 0.240. The van der Waals surface area contributed by atoms with Crippen molar-refractivity contribution >= 4 is 17.1 Å². The maximum Gasteiger partial charge on any atom is 0.410 e. The van der Waals surface area contributed by atoms with Crippen molar-refractivity contribution in [3.63, 3.8) is 0 Å². The van der Waals surface area contributed by atoms with Crippen LogP contribution in [0.4, 0.5) is 4.79 Å². The number of pyridine rings is 1. The third kappa shape index (κ3) is 5.64. The molecule has 0 radical (unpaired) electrons. The van der Waals surface area contributed by atoms with Crippen LogP contribution in [0.2, 0.25) is 0 Å². The number of ether oxygens (including phenoxy) is 1. The van der Waals surface area contributed by atoms with Crippen molar-refractivity contribution in [1.82, 2.24) is 34.4 Å². The van der Waals surface area contributed by atoms with Gasteiger partial charge in [-0.05, 0) is 51.7 Å². The van der Waals surface area contributed by atoms with Gasteiger partial charge in [-0.15, -0.1) is 0 Å². The molecular formula is C31H35N7O2.